The molecule has 0 unspecified atom stereocenters. The van der Waals surface area contributed by atoms with Crippen molar-refractivity contribution in [3.63, 3.8) is 0 Å². The van der Waals surface area contributed by atoms with Crippen LogP contribution in [0.15, 0.2) is 64.1 Å². The minimum atomic E-state index is -3.84. The van der Waals surface area contributed by atoms with Crippen LogP contribution in [0, 0.1) is 13.8 Å². The molecule has 0 atom stereocenters. The van der Waals surface area contributed by atoms with Crippen LogP contribution in [-0.4, -0.2) is 24.3 Å². The molecule has 0 saturated carbocycles. The fraction of sp³-hybridized carbons (Fsp3) is 0.136. The number of furan rings is 1. The zero-order valence-electron chi connectivity index (χ0n) is 17.2. The van der Waals surface area contributed by atoms with E-state index < -0.39 is 10.0 Å². The van der Waals surface area contributed by atoms with E-state index in [0.29, 0.717) is 33.4 Å². The molecule has 0 aliphatic heterocycles. The number of rotatable bonds is 6. The van der Waals surface area contributed by atoms with E-state index in [1.54, 1.807) is 38.1 Å². The maximum absolute atomic E-state index is 12.6. The number of aromatic nitrogens is 2. The quantitative estimate of drug-likeness (QED) is 0.429. The lowest BCUT2D eigenvalue weighted by atomic mass is 10.1. The number of benzene rings is 2. The highest BCUT2D eigenvalue weighted by Crippen LogP contribution is 2.25. The fourth-order valence-corrected chi connectivity index (χ4v) is 4.42. The summed E-state index contributed by atoms with van der Waals surface area (Å²) in [6.45, 7) is 3.44. The Morgan fingerprint density at radius 3 is 2.53 bits per heavy atom. The third-order valence-electron chi connectivity index (χ3n) is 4.62. The molecule has 0 bridgehead atoms. The predicted molar refractivity (Wildman–Crippen MR) is 122 cm³/mol. The number of sulfonamides is 1. The molecule has 0 saturated heterocycles. The van der Waals surface area contributed by atoms with Gasteiger partial charge in [-0.25, -0.2) is 18.4 Å². The Hall–Kier alpha value is -3.43. The van der Waals surface area contributed by atoms with E-state index >= 15 is 0 Å². The van der Waals surface area contributed by atoms with E-state index in [1.807, 2.05) is 0 Å². The van der Waals surface area contributed by atoms with Crippen molar-refractivity contribution >= 4 is 50.0 Å². The number of nitrogens with one attached hydrogen (secondary N) is 2. The van der Waals surface area contributed by atoms with Crippen LogP contribution in [0.4, 0.5) is 11.5 Å². The standard InChI is InChI=1S/C22H19ClN4O4S/c1-13-9-21(25-14(2)24-13)27-32(29,30)18-6-4-17(5-7-18)26-22(28)10-15-12-31-20-8-3-16(23)11-19(15)20/h3-9,11-12H,10H2,1-2H3,(H,26,28)(H,24,25,27). The number of aryl methyl sites for hydroxylation is 2. The van der Waals surface area contributed by atoms with Gasteiger partial charge < -0.3 is 9.73 Å². The van der Waals surface area contributed by atoms with Gasteiger partial charge in [-0.15, -0.1) is 0 Å². The van der Waals surface area contributed by atoms with Crippen molar-refractivity contribution in [1.29, 1.82) is 0 Å². The Bertz CT molecular complexity index is 1400. The van der Waals surface area contributed by atoms with Crippen LogP contribution in [0.1, 0.15) is 17.1 Å². The third-order valence-corrected chi connectivity index (χ3v) is 6.23. The van der Waals surface area contributed by atoms with Crippen LogP contribution < -0.4 is 10.0 Å². The minimum Gasteiger partial charge on any atom is -0.464 e. The highest BCUT2D eigenvalue weighted by Gasteiger charge is 2.16. The first-order valence-electron chi connectivity index (χ1n) is 9.60. The van der Waals surface area contributed by atoms with Crippen molar-refractivity contribution in [3.8, 4) is 0 Å². The van der Waals surface area contributed by atoms with Gasteiger partial charge in [0, 0.05) is 33.4 Å². The van der Waals surface area contributed by atoms with Crippen molar-refractivity contribution in [2.75, 3.05) is 10.0 Å². The Morgan fingerprint density at radius 2 is 1.81 bits per heavy atom. The van der Waals surface area contributed by atoms with Gasteiger partial charge in [0.25, 0.3) is 10.0 Å². The van der Waals surface area contributed by atoms with E-state index in [0.717, 1.165) is 5.39 Å². The summed E-state index contributed by atoms with van der Waals surface area (Å²) in [5.41, 5.74) is 2.47. The largest absolute Gasteiger partial charge is 0.464 e. The van der Waals surface area contributed by atoms with Crippen LogP contribution in [0.3, 0.4) is 0 Å². The number of carbonyl (C=O) groups is 1. The lowest BCUT2D eigenvalue weighted by Gasteiger charge is -2.10. The summed E-state index contributed by atoms with van der Waals surface area (Å²) in [6.07, 6.45) is 1.61. The zero-order chi connectivity index (χ0) is 22.9. The molecule has 1 amide bonds. The molecule has 2 heterocycles. The van der Waals surface area contributed by atoms with E-state index in [1.165, 1.54) is 30.5 Å². The molecular formula is C22H19ClN4O4S. The molecule has 10 heteroatoms. The van der Waals surface area contributed by atoms with Crippen LogP contribution in [-0.2, 0) is 21.2 Å². The molecule has 2 aromatic carbocycles. The van der Waals surface area contributed by atoms with Crippen molar-refractivity contribution in [3.05, 3.63) is 76.9 Å². The minimum absolute atomic E-state index is 0.0416. The van der Waals surface area contributed by atoms with Gasteiger partial charge in [0.2, 0.25) is 5.91 Å². The average Bonchev–Trinajstić information content (AvgIpc) is 3.09. The number of hydrogen-bond acceptors (Lipinski definition) is 6. The second kappa shape index (κ2) is 8.60. The molecule has 0 aliphatic carbocycles. The Morgan fingerprint density at radius 1 is 1.06 bits per heavy atom. The normalized spacial score (nSPS) is 11.5. The predicted octanol–water partition coefficient (Wildman–Crippen LogP) is 4.48. The molecule has 8 nitrogen and oxygen atoms in total. The SMILES string of the molecule is Cc1cc(NS(=O)(=O)c2ccc(NC(=O)Cc3coc4ccc(Cl)cc34)cc2)nc(C)n1. The molecule has 164 valence electrons. The van der Waals surface area contributed by atoms with Crippen LogP contribution in [0.5, 0.6) is 0 Å². The Balaban J connectivity index is 1.44. The van der Waals surface area contributed by atoms with E-state index in [-0.39, 0.29) is 23.0 Å². The van der Waals surface area contributed by atoms with E-state index in [2.05, 4.69) is 20.0 Å². The maximum atomic E-state index is 12.6. The van der Waals surface area contributed by atoms with Crippen LogP contribution >= 0.6 is 11.6 Å². The fourth-order valence-electron chi connectivity index (χ4n) is 3.25. The number of fused-ring (bicyclic) bond motifs is 1. The van der Waals surface area contributed by atoms with Crippen molar-refractivity contribution in [2.45, 2.75) is 25.2 Å². The average molecular weight is 471 g/mol. The molecule has 0 aliphatic rings. The molecule has 0 fully saturated rings. The first-order chi connectivity index (χ1) is 15.2. The maximum Gasteiger partial charge on any atom is 0.263 e. The number of halogens is 1. The molecule has 4 aromatic rings. The Kier molecular flexibility index (Phi) is 5.86. The smallest absolute Gasteiger partial charge is 0.263 e. The Labute approximate surface area is 189 Å². The van der Waals surface area contributed by atoms with Gasteiger partial charge in [0.1, 0.15) is 17.2 Å². The second-order valence-corrected chi connectivity index (χ2v) is 9.32. The van der Waals surface area contributed by atoms with Gasteiger partial charge in [-0.1, -0.05) is 11.6 Å². The summed E-state index contributed by atoms with van der Waals surface area (Å²) in [7, 11) is -3.84. The highest BCUT2D eigenvalue weighted by molar-refractivity contribution is 7.92. The molecule has 0 spiro atoms. The zero-order valence-corrected chi connectivity index (χ0v) is 18.8. The monoisotopic (exact) mass is 470 g/mol. The number of hydrogen-bond donors (Lipinski definition) is 2. The first kappa shape index (κ1) is 21.8. The number of nitrogens with zero attached hydrogens (tertiary/aromatic N) is 2. The lowest BCUT2D eigenvalue weighted by Crippen LogP contribution is -2.16. The molecule has 2 N–H and O–H groups in total. The number of anilines is 2. The van der Waals surface area contributed by atoms with Crippen LogP contribution in [0.25, 0.3) is 11.0 Å². The summed E-state index contributed by atoms with van der Waals surface area (Å²) >= 11 is 6.03. The topological polar surface area (TPSA) is 114 Å². The van der Waals surface area contributed by atoms with E-state index in [4.69, 9.17) is 16.0 Å². The number of amides is 1. The van der Waals surface area contributed by atoms with Gasteiger partial charge in [0.05, 0.1) is 17.6 Å². The lowest BCUT2D eigenvalue weighted by molar-refractivity contribution is -0.115. The van der Waals surface area contributed by atoms with E-state index in [9.17, 15) is 13.2 Å². The summed E-state index contributed by atoms with van der Waals surface area (Å²) < 4.78 is 33.2. The first-order valence-corrected chi connectivity index (χ1v) is 11.5. The number of carbonyl (C=O) groups excluding carboxylic acids is 1. The molecule has 4 rings (SSSR count). The third kappa shape index (κ3) is 4.90. The highest BCUT2D eigenvalue weighted by atomic mass is 35.5. The summed E-state index contributed by atoms with van der Waals surface area (Å²) in [5.74, 6) is 0.390. The second-order valence-electron chi connectivity index (χ2n) is 7.20. The van der Waals surface area contributed by atoms with Gasteiger partial charge in [-0.05, 0) is 56.3 Å². The molecule has 0 radical (unpaired) electrons. The molecule has 2 aromatic heterocycles. The van der Waals surface area contributed by atoms with Gasteiger partial charge in [-0.3, -0.25) is 9.52 Å². The van der Waals surface area contributed by atoms with Crippen molar-refractivity contribution in [1.82, 2.24) is 9.97 Å². The molecule has 32 heavy (non-hydrogen) atoms. The summed E-state index contributed by atoms with van der Waals surface area (Å²) in [6, 6.07) is 12.6. The molecular weight excluding hydrogens is 452 g/mol. The van der Waals surface area contributed by atoms with Crippen molar-refractivity contribution < 1.29 is 17.6 Å². The van der Waals surface area contributed by atoms with Gasteiger partial charge in [-0.2, -0.15) is 0 Å². The summed E-state index contributed by atoms with van der Waals surface area (Å²) in [4.78, 5) is 20.7. The van der Waals surface area contributed by atoms with Crippen LogP contribution in [0.2, 0.25) is 5.02 Å². The van der Waals surface area contributed by atoms with Crippen molar-refractivity contribution in [2.24, 2.45) is 0 Å². The van der Waals surface area contributed by atoms with Gasteiger partial charge in [0.15, 0.2) is 0 Å². The van der Waals surface area contributed by atoms with Gasteiger partial charge >= 0.3 is 0 Å². The summed E-state index contributed by atoms with van der Waals surface area (Å²) in [5, 5.41) is 4.08.